The van der Waals surface area contributed by atoms with E-state index in [1.807, 2.05) is 38.2 Å². The summed E-state index contributed by atoms with van der Waals surface area (Å²) in [6.07, 6.45) is 1.72. The molecule has 0 saturated heterocycles. The molecule has 2 rings (SSSR count). The van der Waals surface area contributed by atoms with Crippen LogP contribution >= 0.6 is 0 Å². The number of pyridine rings is 2. The van der Waals surface area contributed by atoms with E-state index in [9.17, 15) is 0 Å². The summed E-state index contributed by atoms with van der Waals surface area (Å²) in [4.78, 5) is 8.71. The van der Waals surface area contributed by atoms with Gasteiger partial charge < -0.3 is 14.8 Å². The van der Waals surface area contributed by atoms with Crippen molar-refractivity contribution in [2.75, 3.05) is 14.2 Å². The highest BCUT2D eigenvalue weighted by atomic mass is 16.5. The molecular formula is C15H19N3O2. The number of rotatable bonds is 6. The molecule has 20 heavy (non-hydrogen) atoms. The van der Waals surface area contributed by atoms with Crippen molar-refractivity contribution in [3.05, 3.63) is 47.5 Å². The van der Waals surface area contributed by atoms with E-state index in [4.69, 9.17) is 9.47 Å². The van der Waals surface area contributed by atoms with E-state index in [1.165, 1.54) is 0 Å². The third-order valence-corrected chi connectivity index (χ3v) is 2.76. The summed E-state index contributed by atoms with van der Waals surface area (Å²) in [5.41, 5.74) is 2.72. The fourth-order valence-corrected chi connectivity index (χ4v) is 1.83. The number of hydrogen-bond acceptors (Lipinski definition) is 5. The predicted octanol–water partition coefficient (Wildman–Crippen LogP) is 2.09. The van der Waals surface area contributed by atoms with Crippen molar-refractivity contribution in [1.82, 2.24) is 15.3 Å². The minimum absolute atomic E-state index is 0.394. The van der Waals surface area contributed by atoms with E-state index in [0.717, 1.165) is 35.1 Å². The number of aromatic nitrogens is 2. The van der Waals surface area contributed by atoms with Crippen molar-refractivity contribution in [3.63, 3.8) is 0 Å². The highest BCUT2D eigenvalue weighted by Gasteiger charge is 2.02. The first-order valence-corrected chi connectivity index (χ1v) is 6.45. The fraction of sp³-hybridized carbons (Fsp3) is 0.333. The third kappa shape index (κ3) is 3.93. The van der Waals surface area contributed by atoms with E-state index >= 15 is 0 Å². The van der Waals surface area contributed by atoms with Crippen LogP contribution < -0.4 is 14.8 Å². The maximum absolute atomic E-state index is 5.68. The van der Waals surface area contributed by atoms with Crippen LogP contribution in [0.2, 0.25) is 0 Å². The Morgan fingerprint density at radius 2 is 2.00 bits per heavy atom. The van der Waals surface area contributed by atoms with Gasteiger partial charge in [-0.05, 0) is 26.1 Å². The van der Waals surface area contributed by atoms with Crippen molar-refractivity contribution in [3.8, 4) is 11.5 Å². The Labute approximate surface area is 119 Å². The summed E-state index contributed by atoms with van der Waals surface area (Å²) >= 11 is 0. The number of nitrogens with one attached hydrogen (secondary N) is 1. The second kappa shape index (κ2) is 6.86. The van der Waals surface area contributed by atoms with Crippen molar-refractivity contribution in [2.24, 2.45) is 0 Å². The zero-order valence-electron chi connectivity index (χ0n) is 12.0. The van der Waals surface area contributed by atoms with Gasteiger partial charge in [0.05, 0.1) is 24.7 Å². The molecule has 1 N–H and O–H groups in total. The first kappa shape index (κ1) is 14.3. The van der Waals surface area contributed by atoms with Crippen LogP contribution in [-0.4, -0.2) is 24.1 Å². The molecule has 0 atom stereocenters. The second-order valence-corrected chi connectivity index (χ2v) is 4.44. The fourth-order valence-electron chi connectivity index (χ4n) is 1.83. The molecule has 2 heterocycles. The topological polar surface area (TPSA) is 56.3 Å². The Morgan fingerprint density at radius 3 is 2.65 bits per heavy atom. The molecule has 0 fully saturated rings. The molecule has 0 aliphatic carbocycles. The van der Waals surface area contributed by atoms with Gasteiger partial charge in [-0.2, -0.15) is 0 Å². The average molecular weight is 273 g/mol. The second-order valence-electron chi connectivity index (χ2n) is 4.44. The zero-order chi connectivity index (χ0) is 14.4. The van der Waals surface area contributed by atoms with Gasteiger partial charge in [-0.25, -0.2) is 0 Å². The largest absolute Gasteiger partial charge is 0.497 e. The molecule has 0 saturated carbocycles. The predicted molar refractivity (Wildman–Crippen MR) is 76.9 cm³/mol. The lowest BCUT2D eigenvalue weighted by Gasteiger charge is -2.08. The van der Waals surface area contributed by atoms with Gasteiger partial charge in [0.2, 0.25) is 0 Å². The first-order chi connectivity index (χ1) is 9.71. The maximum atomic E-state index is 5.68. The Hall–Kier alpha value is -2.14. The number of aryl methyl sites for hydroxylation is 1. The smallest absolute Gasteiger partial charge is 0.138 e. The lowest BCUT2D eigenvalue weighted by atomic mass is 10.3. The summed E-state index contributed by atoms with van der Waals surface area (Å²) < 4.78 is 10.9. The lowest BCUT2D eigenvalue weighted by Crippen LogP contribution is -2.06. The SMILES string of the molecule is CNCc1ccc(OCc2cc(OC)cc(C)n2)cn1. The zero-order valence-corrected chi connectivity index (χ0v) is 12.0. The van der Waals surface area contributed by atoms with Crippen LogP contribution in [0.25, 0.3) is 0 Å². The molecule has 0 aliphatic heterocycles. The van der Waals surface area contributed by atoms with E-state index in [2.05, 4.69) is 15.3 Å². The number of methoxy groups -OCH3 is 1. The molecule has 106 valence electrons. The molecule has 0 spiro atoms. The Morgan fingerprint density at radius 1 is 1.15 bits per heavy atom. The van der Waals surface area contributed by atoms with Crippen molar-refractivity contribution in [1.29, 1.82) is 0 Å². The summed E-state index contributed by atoms with van der Waals surface area (Å²) in [5, 5.41) is 3.05. The number of nitrogens with zero attached hydrogens (tertiary/aromatic N) is 2. The van der Waals surface area contributed by atoms with Crippen LogP contribution in [0.1, 0.15) is 17.1 Å². The molecule has 0 radical (unpaired) electrons. The standard InChI is InChI=1S/C15H19N3O2/c1-11-6-15(19-3)7-13(18-11)10-20-14-5-4-12(8-16-2)17-9-14/h4-7,9,16H,8,10H2,1-3H3. The van der Waals surface area contributed by atoms with E-state index in [1.54, 1.807) is 13.3 Å². The van der Waals surface area contributed by atoms with Gasteiger partial charge >= 0.3 is 0 Å². The minimum atomic E-state index is 0.394. The summed E-state index contributed by atoms with van der Waals surface area (Å²) in [5.74, 6) is 1.52. The van der Waals surface area contributed by atoms with Gasteiger partial charge in [-0.15, -0.1) is 0 Å². The molecule has 0 aliphatic rings. The summed E-state index contributed by atoms with van der Waals surface area (Å²) in [6.45, 7) is 3.07. The lowest BCUT2D eigenvalue weighted by molar-refractivity contribution is 0.298. The van der Waals surface area contributed by atoms with Crippen LogP contribution in [0, 0.1) is 6.92 Å². The average Bonchev–Trinajstić information content (AvgIpc) is 2.46. The highest BCUT2D eigenvalue weighted by molar-refractivity contribution is 5.27. The quantitative estimate of drug-likeness (QED) is 0.873. The number of ether oxygens (including phenoxy) is 2. The van der Waals surface area contributed by atoms with Gasteiger partial charge in [0.1, 0.15) is 18.1 Å². The molecular weight excluding hydrogens is 254 g/mol. The Balaban J connectivity index is 1.99. The van der Waals surface area contributed by atoms with Crippen LogP contribution in [0.15, 0.2) is 30.5 Å². The number of hydrogen-bond donors (Lipinski definition) is 1. The molecule has 2 aromatic heterocycles. The van der Waals surface area contributed by atoms with Crippen molar-refractivity contribution in [2.45, 2.75) is 20.1 Å². The van der Waals surface area contributed by atoms with E-state index < -0.39 is 0 Å². The van der Waals surface area contributed by atoms with E-state index in [-0.39, 0.29) is 0 Å². The van der Waals surface area contributed by atoms with Crippen molar-refractivity contribution < 1.29 is 9.47 Å². The first-order valence-electron chi connectivity index (χ1n) is 6.45. The van der Waals surface area contributed by atoms with Crippen LogP contribution in [0.3, 0.4) is 0 Å². The van der Waals surface area contributed by atoms with Gasteiger partial charge in [0.25, 0.3) is 0 Å². The Bertz CT molecular complexity index is 556. The maximum Gasteiger partial charge on any atom is 0.138 e. The van der Waals surface area contributed by atoms with Gasteiger partial charge in [-0.3, -0.25) is 9.97 Å². The van der Waals surface area contributed by atoms with Crippen LogP contribution in [-0.2, 0) is 13.2 Å². The molecule has 0 amide bonds. The minimum Gasteiger partial charge on any atom is -0.497 e. The molecule has 5 nitrogen and oxygen atoms in total. The molecule has 0 aromatic carbocycles. The molecule has 5 heteroatoms. The summed E-state index contributed by atoms with van der Waals surface area (Å²) in [6, 6.07) is 7.61. The summed E-state index contributed by atoms with van der Waals surface area (Å²) in [7, 11) is 3.53. The monoisotopic (exact) mass is 273 g/mol. The van der Waals surface area contributed by atoms with Gasteiger partial charge in [-0.1, -0.05) is 0 Å². The third-order valence-electron chi connectivity index (χ3n) is 2.76. The Kier molecular flexibility index (Phi) is 4.90. The van der Waals surface area contributed by atoms with Crippen LogP contribution in [0.4, 0.5) is 0 Å². The van der Waals surface area contributed by atoms with Crippen molar-refractivity contribution >= 4 is 0 Å². The molecule has 2 aromatic rings. The highest BCUT2D eigenvalue weighted by Crippen LogP contribution is 2.16. The normalized spacial score (nSPS) is 10.3. The van der Waals surface area contributed by atoms with Gasteiger partial charge in [0.15, 0.2) is 0 Å². The van der Waals surface area contributed by atoms with Gasteiger partial charge in [0, 0.05) is 24.4 Å². The molecule has 0 bridgehead atoms. The van der Waals surface area contributed by atoms with E-state index in [0.29, 0.717) is 6.61 Å². The molecule has 0 unspecified atom stereocenters. The van der Waals surface area contributed by atoms with Crippen LogP contribution in [0.5, 0.6) is 11.5 Å².